The van der Waals surface area contributed by atoms with Gasteiger partial charge in [-0.05, 0) is 48.4 Å². The summed E-state index contributed by atoms with van der Waals surface area (Å²) in [4.78, 5) is 17.9. The maximum Gasteiger partial charge on any atom is 0.254 e. The molecule has 0 aliphatic rings. The summed E-state index contributed by atoms with van der Waals surface area (Å²) in [6.07, 6.45) is 1.67. The quantitative estimate of drug-likeness (QED) is 0.729. The van der Waals surface area contributed by atoms with Gasteiger partial charge in [-0.2, -0.15) is 0 Å². The highest BCUT2D eigenvalue weighted by Crippen LogP contribution is 2.28. The Bertz CT molecular complexity index is 884. The number of aryl methyl sites for hydroxylation is 1. The Kier molecular flexibility index (Phi) is 5.46. The molecule has 0 atom stereocenters. The molecular formula is C20H17FN2OS. The number of amides is 1. The number of hydrogen-bond acceptors (Lipinski definition) is 3. The number of nitrogens with zero attached hydrogens (tertiary/aromatic N) is 1. The lowest BCUT2D eigenvalue weighted by Gasteiger charge is -2.10. The van der Waals surface area contributed by atoms with E-state index in [9.17, 15) is 9.18 Å². The third-order valence-corrected chi connectivity index (χ3v) is 4.68. The molecule has 1 heterocycles. The Morgan fingerprint density at radius 3 is 2.68 bits per heavy atom. The van der Waals surface area contributed by atoms with Crippen molar-refractivity contribution in [1.29, 1.82) is 0 Å². The SMILES string of the molecule is Cc1cc(CNC(=O)c2cccnc2Sc2ccccc2)ccc1F. The molecule has 3 rings (SSSR count). The van der Waals surface area contributed by atoms with Gasteiger partial charge in [-0.25, -0.2) is 9.37 Å². The van der Waals surface area contributed by atoms with Crippen LogP contribution >= 0.6 is 11.8 Å². The molecule has 2 aromatic carbocycles. The summed E-state index contributed by atoms with van der Waals surface area (Å²) in [7, 11) is 0. The zero-order chi connectivity index (χ0) is 17.6. The standard InChI is InChI=1S/C20H17FN2OS/c1-14-12-15(9-10-18(14)21)13-23-19(24)17-8-5-11-22-20(17)25-16-6-3-2-4-7-16/h2-12H,13H2,1H3,(H,23,24). The van der Waals surface area contributed by atoms with E-state index >= 15 is 0 Å². The molecule has 126 valence electrons. The number of benzene rings is 2. The van der Waals surface area contributed by atoms with Crippen LogP contribution in [0.4, 0.5) is 4.39 Å². The van der Waals surface area contributed by atoms with Gasteiger partial charge in [0.25, 0.3) is 5.91 Å². The number of carbonyl (C=O) groups excluding carboxylic acids is 1. The fraction of sp³-hybridized carbons (Fsp3) is 0.100. The van der Waals surface area contributed by atoms with Crippen molar-refractivity contribution in [3.8, 4) is 0 Å². The van der Waals surface area contributed by atoms with Crippen LogP contribution in [0.25, 0.3) is 0 Å². The lowest BCUT2D eigenvalue weighted by atomic mass is 10.1. The highest BCUT2D eigenvalue weighted by molar-refractivity contribution is 7.99. The monoisotopic (exact) mass is 352 g/mol. The molecule has 1 N–H and O–H groups in total. The molecule has 0 fully saturated rings. The van der Waals surface area contributed by atoms with Gasteiger partial charge in [0.2, 0.25) is 0 Å². The van der Waals surface area contributed by atoms with Crippen LogP contribution in [0.3, 0.4) is 0 Å². The number of hydrogen-bond donors (Lipinski definition) is 1. The molecule has 0 bridgehead atoms. The van der Waals surface area contributed by atoms with Crippen LogP contribution in [-0.4, -0.2) is 10.9 Å². The predicted molar refractivity (Wildman–Crippen MR) is 97.1 cm³/mol. The molecule has 1 aromatic heterocycles. The summed E-state index contributed by atoms with van der Waals surface area (Å²) in [6, 6.07) is 18.1. The number of carbonyl (C=O) groups is 1. The summed E-state index contributed by atoms with van der Waals surface area (Å²) >= 11 is 1.45. The fourth-order valence-corrected chi connectivity index (χ4v) is 3.24. The normalized spacial score (nSPS) is 10.5. The molecule has 0 radical (unpaired) electrons. The molecule has 0 aliphatic carbocycles. The minimum atomic E-state index is -0.246. The summed E-state index contributed by atoms with van der Waals surface area (Å²) in [5, 5.41) is 3.53. The van der Waals surface area contributed by atoms with Crippen molar-refractivity contribution < 1.29 is 9.18 Å². The Morgan fingerprint density at radius 1 is 1.12 bits per heavy atom. The first-order valence-electron chi connectivity index (χ1n) is 7.84. The van der Waals surface area contributed by atoms with Crippen molar-refractivity contribution in [1.82, 2.24) is 10.3 Å². The average molecular weight is 352 g/mol. The van der Waals surface area contributed by atoms with Gasteiger partial charge in [-0.3, -0.25) is 4.79 Å². The van der Waals surface area contributed by atoms with Crippen LogP contribution in [0.1, 0.15) is 21.5 Å². The Balaban J connectivity index is 1.72. The molecule has 3 aromatic rings. The maximum atomic E-state index is 13.3. The van der Waals surface area contributed by atoms with Gasteiger partial charge >= 0.3 is 0 Å². The van der Waals surface area contributed by atoms with Gasteiger partial charge < -0.3 is 5.32 Å². The van der Waals surface area contributed by atoms with E-state index in [-0.39, 0.29) is 11.7 Å². The maximum absolute atomic E-state index is 13.3. The van der Waals surface area contributed by atoms with Gasteiger partial charge in [0.05, 0.1) is 5.56 Å². The van der Waals surface area contributed by atoms with Crippen molar-refractivity contribution in [3.05, 3.63) is 89.4 Å². The number of aromatic nitrogens is 1. The van der Waals surface area contributed by atoms with Crippen LogP contribution in [0.2, 0.25) is 0 Å². The largest absolute Gasteiger partial charge is 0.348 e. The van der Waals surface area contributed by atoms with E-state index in [4.69, 9.17) is 0 Å². The number of pyridine rings is 1. The Labute approximate surface area is 150 Å². The fourth-order valence-electron chi connectivity index (χ4n) is 2.34. The summed E-state index contributed by atoms with van der Waals surface area (Å²) < 4.78 is 13.3. The first-order valence-corrected chi connectivity index (χ1v) is 8.66. The zero-order valence-electron chi connectivity index (χ0n) is 13.7. The Morgan fingerprint density at radius 2 is 1.92 bits per heavy atom. The van der Waals surface area contributed by atoms with E-state index in [0.29, 0.717) is 22.7 Å². The second-order valence-corrected chi connectivity index (χ2v) is 6.60. The van der Waals surface area contributed by atoms with Crippen LogP contribution in [0.15, 0.2) is 76.8 Å². The lowest BCUT2D eigenvalue weighted by molar-refractivity contribution is 0.0947. The van der Waals surface area contributed by atoms with Crippen LogP contribution < -0.4 is 5.32 Å². The average Bonchev–Trinajstić information content (AvgIpc) is 2.64. The highest BCUT2D eigenvalue weighted by Gasteiger charge is 2.13. The molecule has 0 unspecified atom stereocenters. The number of rotatable bonds is 5. The van der Waals surface area contributed by atoms with Gasteiger partial charge in [-0.15, -0.1) is 0 Å². The van der Waals surface area contributed by atoms with Gasteiger partial charge in [0.15, 0.2) is 0 Å². The zero-order valence-corrected chi connectivity index (χ0v) is 14.5. The molecule has 0 saturated heterocycles. The van der Waals surface area contributed by atoms with Crippen LogP contribution in [-0.2, 0) is 6.54 Å². The molecule has 5 heteroatoms. The van der Waals surface area contributed by atoms with Crippen molar-refractivity contribution in [2.24, 2.45) is 0 Å². The summed E-state index contributed by atoms with van der Waals surface area (Å²) in [6.45, 7) is 2.04. The van der Waals surface area contributed by atoms with Crippen molar-refractivity contribution >= 4 is 17.7 Å². The summed E-state index contributed by atoms with van der Waals surface area (Å²) in [5.41, 5.74) is 1.94. The third-order valence-electron chi connectivity index (χ3n) is 3.65. The van der Waals surface area contributed by atoms with Gasteiger partial charge in [0.1, 0.15) is 10.8 Å². The molecule has 3 nitrogen and oxygen atoms in total. The first-order chi connectivity index (χ1) is 12.1. The first kappa shape index (κ1) is 17.2. The van der Waals surface area contributed by atoms with Crippen molar-refractivity contribution in [3.63, 3.8) is 0 Å². The second kappa shape index (κ2) is 7.94. The van der Waals surface area contributed by atoms with Crippen molar-refractivity contribution in [2.45, 2.75) is 23.4 Å². The van der Waals surface area contributed by atoms with Gasteiger partial charge in [0, 0.05) is 17.6 Å². The highest BCUT2D eigenvalue weighted by atomic mass is 32.2. The van der Waals surface area contributed by atoms with E-state index < -0.39 is 0 Å². The second-order valence-electron chi connectivity index (χ2n) is 5.54. The molecule has 0 spiro atoms. The van der Waals surface area contributed by atoms with E-state index in [0.717, 1.165) is 10.5 Å². The predicted octanol–water partition coefficient (Wildman–Crippen LogP) is 4.61. The minimum Gasteiger partial charge on any atom is -0.348 e. The van der Waals surface area contributed by atoms with Gasteiger partial charge in [-0.1, -0.05) is 42.1 Å². The number of nitrogens with one attached hydrogen (secondary N) is 1. The molecule has 0 saturated carbocycles. The number of halogens is 1. The van der Waals surface area contributed by atoms with E-state index in [1.54, 1.807) is 37.4 Å². The van der Waals surface area contributed by atoms with E-state index in [2.05, 4.69) is 10.3 Å². The lowest BCUT2D eigenvalue weighted by Crippen LogP contribution is -2.23. The molecular weight excluding hydrogens is 335 g/mol. The van der Waals surface area contributed by atoms with E-state index in [1.165, 1.54) is 17.8 Å². The smallest absolute Gasteiger partial charge is 0.254 e. The topological polar surface area (TPSA) is 42.0 Å². The molecule has 0 aliphatic heterocycles. The van der Waals surface area contributed by atoms with Crippen LogP contribution in [0, 0.1) is 12.7 Å². The third kappa shape index (κ3) is 4.45. The van der Waals surface area contributed by atoms with E-state index in [1.807, 2.05) is 30.3 Å². The summed E-state index contributed by atoms with van der Waals surface area (Å²) in [5.74, 6) is -0.447. The Hall–Kier alpha value is -2.66. The van der Waals surface area contributed by atoms with Crippen LogP contribution in [0.5, 0.6) is 0 Å². The molecule has 25 heavy (non-hydrogen) atoms. The van der Waals surface area contributed by atoms with Crippen molar-refractivity contribution in [2.75, 3.05) is 0 Å². The molecule has 1 amide bonds. The minimum absolute atomic E-state index is 0.200.